The summed E-state index contributed by atoms with van der Waals surface area (Å²) < 4.78 is 19.3. The molecule has 2 saturated heterocycles. The number of aromatic nitrogens is 2. The van der Waals surface area contributed by atoms with E-state index in [1.807, 2.05) is 17.7 Å². The van der Waals surface area contributed by atoms with Gasteiger partial charge in [-0.2, -0.15) is 0 Å². The van der Waals surface area contributed by atoms with Gasteiger partial charge in [0, 0.05) is 6.61 Å². The Kier molecular flexibility index (Phi) is 3.18. The molecule has 0 N–H and O–H groups in total. The van der Waals surface area contributed by atoms with Crippen LogP contribution in [-0.4, -0.2) is 57.4 Å². The fraction of sp³-hybridized carbons (Fsp3) is 0.714. The van der Waals surface area contributed by atoms with Gasteiger partial charge >= 0.3 is 6.09 Å². The molecule has 3 aliphatic rings. The average Bonchev–Trinajstić information content (AvgIpc) is 3.17. The number of nitrogens with zero attached hydrogens (tertiary/aromatic N) is 3. The highest BCUT2D eigenvalue weighted by Crippen LogP contribution is 2.61. The van der Waals surface area contributed by atoms with E-state index in [-0.39, 0.29) is 23.6 Å². The standard InChI is InChI=1S/C14H19N3O4S/c1-4-14-10-9(17(13(18)19-3)12(14)20-5-2)11(21-14)16-7-15-6-8(16)22-10/h6-7,9-12H,4-5H2,1-3H3. The summed E-state index contributed by atoms with van der Waals surface area (Å²) in [6.07, 6.45) is 3.39. The molecule has 1 aromatic rings. The van der Waals surface area contributed by atoms with Gasteiger partial charge in [0.15, 0.2) is 12.5 Å². The maximum Gasteiger partial charge on any atom is 0.412 e. The van der Waals surface area contributed by atoms with Gasteiger partial charge in [-0.3, -0.25) is 9.47 Å². The van der Waals surface area contributed by atoms with Crippen molar-refractivity contribution in [2.24, 2.45) is 0 Å². The maximum atomic E-state index is 12.4. The normalized spacial score (nSPS) is 38.2. The lowest BCUT2D eigenvalue weighted by Gasteiger charge is -2.42. The number of hydrogen-bond donors (Lipinski definition) is 0. The first-order valence-corrected chi connectivity index (χ1v) is 8.40. The molecule has 0 radical (unpaired) electrons. The van der Waals surface area contributed by atoms with Crippen molar-refractivity contribution in [1.82, 2.24) is 14.5 Å². The molecule has 4 bridgehead atoms. The fourth-order valence-electron chi connectivity index (χ4n) is 3.93. The van der Waals surface area contributed by atoms with Gasteiger partial charge in [-0.25, -0.2) is 9.78 Å². The SMILES string of the molecule is CCOC1N(C(=O)OC)C2C3OC1(CC)C2Sc1cncn13. The van der Waals surface area contributed by atoms with Crippen molar-refractivity contribution < 1.29 is 19.0 Å². The summed E-state index contributed by atoms with van der Waals surface area (Å²) in [6, 6.07) is -0.101. The van der Waals surface area contributed by atoms with Gasteiger partial charge < -0.3 is 14.2 Å². The van der Waals surface area contributed by atoms with Gasteiger partial charge in [0.2, 0.25) is 0 Å². The first-order chi connectivity index (χ1) is 10.7. The van der Waals surface area contributed by atoms with Gasteiger partial charge in [0.1, 0.15) is 5.60 Å². The number of morpholine rings is 1. The largest absolute Gasteiger partial charge is 0.453 e. The summed E-state index contributed by atoms with van der Waals surface area (Å²) in [7, 11) is 1.41. The molecule has 0 aliphatic carbocycles. The number of fused-ring (bicyclic) bond motifs is 2. The lowest BCUT2D eigenvalue weighted by Crippen LogP contribution is -2.56. The van der Waals surface area contributed by atoms with E-state index in [1.54, 1.807) is 23.0 Å². The van der Waals surface area contributed by atoms with Crippen LogP contribution in [0, 0.1) is 0 Å². The molecule has 3 aliphatic heterocycles. The highest BCUT2D eigenvalue weighted by Gasteiger charge is 2.72. The van der Waals surface area contributed by atoms with Gasteiger partial charge in [-0.1, -0.05) is 18.7 Å². The molecule has 120 valence electrons. The Bertz CT molecular complexity index is 609. The molecule has 5 atom stereocenters. The molecule has 4 rings (SSSR count). The zero-order valence-corrected chi connectivity index (χ0v) is 13.6. The Morgan fingerprint density at radius 1 is 1.55 bits per heavy atom. The molecule has 8 heteroatoms. The molecule has 1 aromatic heterocycles. The molecule has 0 aromatic carbocycles. The van der Waals surface area contributed by atoms with Crippen LogP contribution < -0.4 is 0 Å². The molecular weight excluding hydrogens is 306 g/mol. The van der Waals surface area contributed by atoms with Crippen LogP contribution >= 0.6 is 11.8 Å². The Morgan fingerprint density at radius 3 is 3.05 bits per heavy atom. The summed E-state index contributed by atoms with van der Waals surface area (Å²) in [5, 5.41) is 1.20. The quantitative estimate of drug-likeness (QED) is 0.845. The number of ether oxygens (including phenoxy) is 3. The van der Waals surface area contributed by atoms with Crippen LogP contribution in [0.2, 0.25) is 0 Å². The second-order valence-electron chi connectivity index (χ2n) is 5.67. The summed E-state index contributed by atoms with van der Waals surface area (Å²) in [5.74, 6) is 0. The molecule has 2 fully saturated rings. The van der Waals surface area contributed by atoms with Crippen molar-refractivity contribution >= 4 is 17.9 Å². The van der Waals surface area contributed by atoms with Crippen molar-refractivity contribution in [3.05, 3.63) is 12.5 Å². The number of thioether (sulfide) groups is 1. The predicted octanol–water partition coefficient (Wildman–Crippen LogP) is 1.85. The van der Waals surface area contributed by atoms with E-state index in [9.17, 15) is 4.79 Å². The van der Waals surface area contributed by atoms with E-state index in [0.29, 0.717) is 6.61 Å². The van der Waals surface area contributed by atoms with Crippen LogP contribution in [0.4, 0.5) is 4.79 Å². The molecule has 4 heterocycles. The smallest absolute Gasteiger partial charge is 0.412 e. The summed E-state index contributed by atoms with van der Waals surface area (Å²) in [6.45, 7) is 4.53. The predicted molar refractivity (Wildman–Crippen MR) is 78.5 cm³/mol. The average molecular weight is 325 g/mol. The molecule has 22 heavy (non-hydrogen) atoms. The molecule has 0 saturated carbocycles. The molecule has 5 unspecified atom stereocenters. The van der Waals surface area contributed by atoms with E-state index < -0.39 is 11.8 Å². The van der Waals surface area contributed by atoms with Crippen LogP contribution in [0.1, 0.15) is 26.5 Å². The van der Waals surface area contributed by atoms with E-state index >= 15 is 0 Å². The van der Waals surface area contributed by atoms with E-state index in [2.05, 4.69) is 11.9 Å². The third-order valence-electron chi connectivity index (χ3n) is 4.83. The van der Waals surface area contributed by atoms with E-state index in [0.717, 1.165) is 11.4 Å². The Hall–Kier alpha value is -1.25. The van der Waals surface area contributed by atoms with E-state index in [1.165, 1.54) is 7.11 Å². The highest BCUT2D eigenvalue weighted by molar-refractivity contribution is 8.00. The third-order valence-corrected chi connectivity index (χ3v) is 6.32. The molecular formula is C14H19N3O4S. The first kappa shape index (κ1) is 14.3. The number of amides is 1. The molecule has 7 nitrogen and oxygen atoms in total. The van der Waals surface area contributed by atoms with Crippen LogP contribution in [0.25, 0.3) is 0 Å². The second kappa shape index (κ2) is 4.87. The van der Waals surface area contributed by atoms with Gasteiger partial charge in [0.05, 0.1) is 36.0 Å². The minimum atomic E-state index is -0.511. The first-order valence-electron chi connectivity index (χ1n) is 7.52. The Balaban J connectivity index is 1.81. The van der Waals surface area contributed by atoms with Crippen molar-refractivity contribution in [2.45, 2.75) is 54.6 Å². The third kappa shape index (κ3) is 1.55. The van der Waals surface area contributed by atoms with Crippen molar-refractivity contribution in [3.63, 3.8) is 0 Å². The van der Waals surface area contributed by atoms with Gasteiger partial charge in [0.25, 0.3) is 0 Å². The molecule has 1 amide bonds. The Morgan fingerprint density at radius 2 is 2.36 bits per heavy atom. The number of carbonyl (C=O) groups is 1. The monoisotopic (exact) mass is 325 g/mol. The lowest BCUT2D eigenvalue weighted by molar-refractivity contribution is -0.225. The van der Waals surface area contributed by atoms with E-state index in [4.69, 9.17) is 14.2 Å². The minimum absolute atomic E-state index is 0.101. The number of methoxy groups -OCH3 is 1. The lowest BCUT2D eigenvalue weighted by atomic mass is 9.97. The van der Waals surface area contributed by atoms with Gasteiger partial charge in [-0.15, -0.1) is 0 Å². The summed E-state index contributed by atoms with van der Waals surface area (Å²) >= 11 is 1.71. The Labute approximate surface area is 132 Å². The number of imidazole rings is 1. The zero-order chi connectivity index (χ0) is 15.5. The number of rotatable bonds is 3. The maximum absolute atomic E-state index is 12.4. The zero-order valence-electron chi connectivity index (χ0n) is 12.8. The van der Waals surface area contributed by atoms with Crippen molar-refractivity contribution in [1.29, 1.82) is 0 Å². The van der Waals surface area contributed by atoms with Crippen LogP contribution in [-0.2, 0) is 14.2 Å². The summed E-state index contributed by atoms with van der Waals surface area (Å²) in [4.78, 5) is 18.3. The van der Waals surface area contributed by atoms with Crippen molar-refractivity contribution in [2.75, 3.05) is 13.7 Å². The van der Waals surface area contributed by atoms with Gasteiger partial charge in [-0.05, 0) is 13.3 Å². The van der Waals surface area contributed by atoms with Crippen molar-refractivity contribution in [3.8, 4) is 0 Å². The van der Waals surface area contributed by atoms with Crippen LogP contribution in [0.5, 0.6) is 0 Å². The van der Waals surface area contributed by atoms with Crippen LogP contribution in [0.3, 0.4) is 0 Å². The highest BCUT2D eigenvalue weighted by atomic mass is 32.2. The number of likely N-dealkylation sites (tertiary alicyclic amines) is 1. The topological polar surface area (TPSA) is 65.8 Å². The number of carbonyl (C=O) groups excluding carboxylic acids is 1. The number of hydrogen-bond acceptors (Lipinski definition) is 6. The molecule has 0 spiro atoms. The van der Waals surface area contributed by atoms with Crippen LogP contribution in [0.15, 0.2) is 17.6 Å². The minimum Gasteiger partial charge on any atom is -0.453 e. The fourth-order valence-corrected chi connectivity index (χ4v) is 5.53. The summed E-state index contributed by atoms with van der Waals surface area (Å²) in [5.41, 5.74) is -0.511. The second-order valence-corrected chi connectivity index (χ2v) is 6.83.